The smallest absolute Gasteiger partial charge is 0.192 e. The summed E-state index contributed by atoms with van der Waals surface area (Å²) in [6, 6.07) is 12.4. The molecule has 3 aromatic rings. The number of ether oxygens (including phenoxy) is 2. The summed E-state index contributed by atoms with van der Waals surface area (Å²) >= 11 is 0. The van der Waals surface area contributed by atoms with Gasteiger partial charge in [0.05, 0.1) is 25.5 Å². The number of hydrogen-bond donors (Lipinski definition) is 0. The number of hydrogen-bond acceptors (Lipinski definition) is 7. The molecule has 1 fully saturated rings. The average molecular weight is 524 g/mol. The summed E-state index contributed by atoms with van der Waals surface area (Å²) in [5.74, 6) is 2.12. The molecule has 0 spiro atoms. The van der Waals surface area contributed by atoms with Crippen molar-refractivity contribution in [2.45, 2.75) is 58.4 Å². The van der Waals surface area contributed by atoms with E-state index in [0.717, 1.165) is 30.2 Å². The molecule has 0 saturated carbocycles. The molecular weight excluding hydrogens is 482 g/mol. The van der Waals surface area contributed by atoms with E-state index in [2.05, 4.69) is 70.0 Å². The molecule has 1 aliphatic rings. The lowest BCUT2D eigenvalue weighted by atomic mass is 10.1. The van der Waals surface area contributed by atoms with Crippen LogP contribution in [0.2, 0.25) is 18.1 Å². The Hall–Kier alpha value is -2.59. The average Bonchev–Trinajstić information content (AvgIpc) is 3.37. The van der Waals surface area contributed by atoms with Gasteiger partial charge in [-0.05, 0) is 44.1 Å². The van der Waals surface area contributed by atoms with Crippen LogP contribution in [0.3, 0.4) is 0 Å². The zero-order valence-corrected chi connectivity index (χ0v) is 24.5. The molecule has 9 heteroatoms. The van der Waals surface area contributed by atoms with Crippen LogP contribution < -0.4 is 4.90 Å². The van der Waals surface area contributed by atoms with E-state index in [9.17, 15) is 0 Å². The number of anilines is 1. The summed E-state index contributed by atoms with van der Waals surface area (Å²) in [6.45, 7) is 18.6. The van der Waals surface area contributed by atoms with E-state index >= 15 is 0 Å². The first-order valence-electron chi connectivity index (χ1n) is 13.0. The van der Waals surface area contributed by atoms with E-state index in [1.54, 1.807) is 7.11 Å². The van der Waals surface area contributed by atoms with E-state index in [4.69, 9.17) is 29.0 Å². The van der Waals surface area contributed by atoms with Crippen molar-refractivity contribution in [1.82, 2.24) is 19.7 Å². The van der Waals surface area contributed by atoms with Crippen LogP contribution in [0.25, 0.3) is 17.1 Å². The Bertz CT molecular complexity index is 1220. The first-order chi connectivity index (χ1) is 17.4. The number of morpholine rings is 1. The summed E-state index contributed by atoms with van der Waals surface area (Å²) in [4.78, 5) is 12.2. The molecule has 200 valence electrons. The minimum atomic E-state index is -2.01. The van der Waals surface area contributed by atoms with Gasteiger partial charge in [-0.2, -0.15) is 5.10 Å². The number of aryl methyl sites for hydroxylation is 1. The molecule has 1 aromatic carbocycles. The Kier molecular flexibility index (Phi) is 7.90. The standard InChI is InChI=1S/C28H41N5O3Si/c1-21-10-9-11-22(18-21)23-12-13-33(31-23)25-19-24(32-14-16-35-17-15-32)29-26(30-25)28(5,34-6)20-36-37(7,8)27(2,3)4/h9-13,18-19H,14-17,20H2,1-8H3. The van der Waals surface area contributed by atoms with Crippen molar-refractivity contribution in [1.29, 1.82) is 0 Å². The summed E-state index contributed by atoms with van der Waals surface area (Å²) in [7, 11) is -0.308. The van der Waals surface area contributed by atoms with Crippen LogP contribution in [0.15, 0.2) is 42.6 Å². The predicted octanol–water partition coefficient (Wildman–Crippen LogP) is 5.36. The largest absolute Gasteiger partial charge is 0.413 e. The van der Waals surface area contributed by atoms with E-state index < -0.39 is 13.9 Å². The zero-order chi connectivity index (χ0) is 26.8. The maximum atomic E-state index is 6.59. The van der Waals surface area contributed by atoms with Crippen molar-refractivity contribution >= 4 is 14.1 Å². The Balaban J connectivity index is 1.73. The second-order valence-corrected chi connectivity index (χ2v) is 16.3. The van der Waals surface area contributed by atoms with Gasteiger partial charge in [0.2, 0.25) is 0 Å². The maximum absolute atomic E-state index is 6.59. The summed E-state index contributed by atoms with van der Waals surface area (Å²) in [5.41, 5.74) is 2.35. The molecule has 1 unspecified atom stereocenters. The number of rotatable bonds is 8. The molecule has 8 nitrogen and oxygen atoms in total. The Morgan fingerprint density at radius 1 is 1.00 bits per heavy atom. The molecule has 2 aromatic heterocycles. The third-order valence-corrected chi connectivity index (χ3v) is 12.1. The van der Waals surface area contributed by atoms with Gasteiger partial charge >= 0.3 is 0 Å². The zero-order valence-electron chi connectivity index (χ0n) is 23.5. The highest BCUT2D eigenvalue weighted by Gasteiger charge is 2.41. The summed E-state index contributed by atoms with van der Waals surface area (Å²) in [5, 5.41) is 4.95. The second-order valence-electron chi connectivity index (χ2n) is 11.5. The monoisotopic (exact) mass is 523 g/mol. The molecule has 1 atom stereocenters. The first kappa shape index (κ1) is 27.4. The van der Waals surface area contributed by atoms with Crippen LogP contribution in [0.4, 0.5) is 5.82 Å². The molecule has 37 heavy (non-hydrogen) atoms. The quantitative estimate of drug-likeness (QED) is 0.368. The molecule has 4 rings (SSSR count). The van der Waals surface area contributed by atoms with Gasteiger partial charge in [-0.15, -0.1) is 0 Å². The lowest BCUT2D eigenvalue weighted by molar-refractivity contribution is -0.0446. The molecule has 0 amide bonds. The molecule has 1 saturated heterocycles. The lowest BCUT2D eigenvalue weighted by Gasteiger charge is -2.39. The molecule has 0 bridgehead atoms. The van der Waals surface area contributed by atoms with E-state index in [-0.39, 0.29) is 5.04 Å². The topological polar surface area (TPSA) is 74.5 Å². The minimum Gasteiger partial charge on any atom is -0.413 e. The van der Waals surface area contributed by atoms with Crippen LogP contribution in [0.5, 0.6) is 0 Å². The van der Waals surface area contributed by atoms with E-state index in [1.165, 1.54) is 5.56 Å². The van der Waals surface area contributed by atoms with Gasteiger partial charge in [0.15, 0.2) is 20.0 Å². The molecular formula is C28H41N5O3Si. The van der Waals surface area contributed by atoms with E-state index in [1.807, 2.05) is 29.9 Å². The first-order valence-corrected chi connectivity index (χ1v) is 15.9. The van der Waals surface area contributed by atoms with Gasteiger partial charge in [0.25, 0.3) is 0 Å². The fourth-order valence-corrected chi connectivity index (χ4v) is 4.96. The van der Waals surface area contributed by atoms with Crippen molar-refractivity contribution in [2.75, 3.05) is 44.9 Å². The van der Waals surface area contributed by atoms with Gasteiger partial charge in [0, 0.05) is 38.0 Å². The van der Waals surface area contributed by atoms with Gasteiger partial charge in [0.1, 0.15) is 11.4 Å². The maximum Gasteiger partial charge on any atom is 0.192 e. The van der Waals surface area contributed by atoms with Gasteiger partial charge < -0.3 is 18.8 Å². The Labute approximate surface area is 222 Å². The predicted molar refractivity (Wildman–Crippen MR) is 150 cm³/mol. The molecule has 3 heterocycles. The van der Waals surface area contributed by atoms with Gasteiger partial charge in [-0.1, -0.05) is 44.5 Å². The Morgan fingerprint density at radius 3 is 2.35 bits per heavy atom. The van der Waals surface area contributed by atoms with Crippen molar-refractivity contribution in [3.05, 3.63) is 54.0 Å². The normalized spacial score (nSPS) is 16.6. The van der Waals surface area contributed by atoms with Crippen molar-refractivity contribution in [3.8, 4) is 17.1 Å². The van der Waals surface area contributed by atoms with Crippen LogP contribution >= 0.6 is 0 Å². The number of methoxy groups -OCH3 is 1. The third-order valence-electron chi connectivity index (χ3n) is 7.61. The van der Waals surface area contributed by atoms with Crippen molar-refractivity contribution in [2.24, 2.45) is 0 Å². The highest BCUT2D eigenvalue weighted by atomic mass is 28.4. The lowest BCUT2D eigenvalue weighted by Crippen LogP contribution is -2.45. The van der Waals surface area contributed by atoms with Crippen LogP contribution in [-0.2, 0) is 19.5 Å². The fraction of sp³-hybridized carbons (Fsp3) is 0.536. The van der Waals surface area contributed by atoms with Crippen LogP contribution in [0.1, 0.15) is 39.1 Å². The Morgan fingerprint density at radius 2 is 1.70 bits per heavy atom. The number of aromatic nitrogens is 4. The van der Waals surface area contributed by atoms with Crippen LogP contribution in [-0.4, -0.2) is 68.1 Å². The molecule has 0 aliphatic carbocycles. The van der Waals surface area contributed by atoms with Crippen LogP contribution in [0, 0.1) is 6.92 Å². The molecule has 0 N–H and O–H groups in total. The fourth-order valence-electron chi connectivity index (χ4n) is 3.89. The SMILES string of the molecule is COC(C)(CO[Si](C)(C)C(C)(C)C)c1nc(N2CCOCC2)cc(-n2ccc(-c3cccc(C)c3)n2)n1. The van der Waals surface area contributed by atoms with Gasteiger partial charge in [-0.25, -0.2) is 14.6 Å². The second kappa shape index (κ2) is 10.6. The molecule has 0 radical (unpaired) electrons. The highest BCUT2D eigenvalue weighted by Crippen LogP contribution is 2.38. The highest BCUT2D eigenvalue weighted by molar-refractivity contribution is 6.74. The van der Waals surface area contributed by atoms with Crippen molar-refractivity contribution < 1.29 is 13.9 Å². The summed E-state index contributed by atoms with van der Waals surface area (Å²) in [6.07, 6.45) is 1.95. The van der Waals surface area contributed by atoms with E-state index in [0.29, 0.717) is 31.5 Å². The summed E-state index contributed by atoms with van der Waals surface area (Å²) < 4.78 is 20.0. The molecule has 1 aliphatic heterocycles. The van der Waals surface area contributed by atoms with Crippen molar-refractivity contribution in [3.63, 3.8) is 0 Å². The minimum absolute atomic E-state index is 0.0879. The number of benzene rings is 1. The van der Waals surface area contributed by atoms with Gasteiger partial charge in [-0.3, -0.25) is 0 Å². The number of nitrogens with zero attached hydrogens (tertiary/aromatic N) is 5. The third kappa shape index (κ3) is 6.12.